The third kappa shape index (κ3) is 4.76. The van der Waals surface area contributed by atoms with Gasteiger partial charge in [-0.25, -0.2) is 9.37 Å². The number of nitrogens with zero attached hydrogens (tertiary/aromatic N) is 3. The first-order valence-electron chi connectivity index (χ1n) is 10.4. The van der Waals surface area contributed by atoms with E-state index in [-0.39, 0.29) is 17.6 Å². The van der Waals surface area contributed by atoms with Gasteiger partial charge in [0, 0.05) is 32.5 Å². The number of likely N-dealkylation sites (tertiary alicyclic amines) is 1. The number of benzene rings is 2. The highest BCUT2D eigenvalue weighted by molar-refractivity contribution is 5.79. The molecular weight excluding hydrogens is 379 g/mol. The zero-order valence-electron chi connectivity index (χ0n) is 17.2. The van der Waals surface area contributed by atoms with Crippen LogP contribution >= 0.6 is 0 Å². The van der Waals surface area contributed by atoms with Crippen LogP contribution in [-0.4, -0.2) is 33.4 Å². The van der Waals surface area contributed by atoms with E-state index >= 15 is 0 Å². The summed E-state index contributed by atoms with van der Waals surface area (Å²) in [5.41, 5.74) is 1.94. The minimum Gasteiger partial charge on any atom is -0.342 e. The van der Waals surface area contributed by atoms with Crippen molar-refractivity contribution in [2.45, 2.75) is 25.4 Å². The first-order valence-corrected chi connectivity index (χ1v) is 10.4. The van der Waals surface area contributed by atoms with Crippen molar-refractivity contribution in [1.82, 2.24) is 19.8 Å². The van der Waals surface area contributed by atoms with E-state index in [9.17, 15) is 9.18 Å². The molecule has 1 aromatic heterocycles. The lowest BCUT2D eigenvalue weighted by Crippen LogP contribution is -2.44. The quantitative estimate of drug-likeness (QED) is 0.680. The van der Waals surface area contributed by atoms with Gasteiger partial charge in [-0.15, -0.1) is 0 Å². The lowest BCUT2D eigenvalue weighted by molar-refractivity contribution is -0.127. The molecule has 0 spiro atoms. The summed E-state index contributed by atoms with van der Waals surface area (Å²) >= 11 is 0. The number of aryl methyl sites for hydroxylation is 1. The van der Waals surface area contributed by atoms with Crippen molar-refractivity contribution in [3.63, 3.8) is 0 Å². The molecule has 0 aliphatic carbocycles. The van der Waals surface area contributed by atoms with Crippen molar-refractivity contribution >= 4 is 5.91 Å². The fourth-order valence-electron chi connectivity index (χ4n) is 4.15. The van der Waals surface area contributed by atoms with E-state index < -0.39 is 6.04 Å². The summed E-state index contributed by atoms with van der Waals surface area (Å²) in [7, 11) is 1.88. The van der Waals surface area contributed by atoms with E-state index in [0.717, 1.165) is 32.5 Å². The Kier molecular flexibility index (Phi) is 6.23. The van der Waals surface area contributed by atoms with Gasteiger partial charge < -0.3 is 9.88 Å². The number of amides is 1. The molecule has 1 aliphatic heterocycles. The molecule has 1 saturated heterocycles. The molecule has 2 heterocycles. The van der Waals surface area contributed by atoms with Gasteiger partial charge in [0.05, 0.1) is 5.92 Å². The number of nitrogens with one attached hydrogen (secondary N) is 1. The van der Waals surface area contributed by atoms with Crippen molar-refractivity contribution in [3.8, 4) is 0 Å². The van der Waals surface area contributed by atoms with Gasteiger partial charge in [0.2, 0.25) is 5.91 Å². The normalized spacial score (nSPS) is 18.1. The number of carbonyl (C=O) groups excluding carboxylic acids is 1. The highest BCUT2D eigenvalue weighted by Crippen LogP contribution is 2.24. The number of aromatic nitrogens is 2. The second kappa shape index (κ2) is 9.22. The van der Waals surface area contributed by atoms with Crippen LogP contribution in [0.3, 0.4) is 0 Å². The van der Waals surface area contributed by atoms with Crippen LogP contribution in [0.15, 0.2) is 67.0 Å². The zero-order chi connectivity index (χ0) is 20.9. The van der Waals surface area contributed by atoms with Crippen LogP contribution < -0.4 is 5.32 Å². The third-order valence-electron chi connectivity index (χ3n) is 5.71. The Balaban J connectivity index is 1.49. The molecule has 1 N–H and O–H groups in total. The van der Waals surface area contributed by atoms with Gasteiger partial charge in [0.1, 0.15) is 17.7 Å². The average Bonchev–Trinajstić information content (AvgIpc) is 3.18. The molecule has 1 fully saturated rings. The molecule has 30 heavy (non-hydrogen) atoms. The fourth-order valence-corrected chi connectivity index (χ4v) is 4.15. The predicted molar refractivity (Wildman–Crippen MR) is 114 cm³/mol. The van der Waals surface area contributed by atoms with E-state index in [0.29, 0.717) is 11.4 Å². The van der Waals surface area contributed by atoms with Crippen molar-refractivity contribution in [2.75, 3.05) is 13.1 Å². The SMILES string of the molecule is Cn1ccnc1C(NC(=O)C1CCCN(Cc2ccccc2)C1)c1cccc(F)c1. The molecule has 2 aromatic carbocycles. The maximum Gasteiger partial charge on any atom is 0.225 e. The molecule has 3 aromatic rings. The first-order chi connectivity index (χ1) is 14.6. The van der Waals surface area contributed by atoms with Crippen LogP contribution in [0.4, 0.5) is 4.39 Å². The molecule has 156 valence electrons. The van der Waals surface area contributed by atoms with Gasteiger partial charge >= 0.3 is 0 Å². The van der Waals surface area contributed by atoms with Gasteiger partial charge in [0.25, 0.3) is 0 Å². The Bertz CT molecular complexity index is 988. The lowest BCUT2D eigenvalue weighted by atomic mass is 9.95. The maximum atomic E-state index is 13.9. The predicted octanol–water partition coefficient (Wildman–Crippen LogP) is 3.68. The number of hydrogen-bond donors (Lipinski definition) is 1. The van der Waals surface area contributed by atoms with Crippen LogP contribution in [0.5, 0.6) is 0 Å². The smallest absolute Gasteiger partial charge is 0.225 e. The highest BCUT2D eigenvalue weighted by atomic mass is 19.1. The minimum absolute atomic E-state index is 0.00924. The molecule has 2 atom stereocenters. The number of halogens is 1. The number of imidazole rings is 1. The molecule has 1 amide bonds. The number of piperidine rings is 1. The first kappa shape index (κ1) is 20.3. The van der Waals surface area contributed by atoms with E-state index in [4.69, 9.17) is 0 Å². The second-order valence-electron chi connectivity index (χ2n) is 7.95. The second-order valence-corrected chi connectivity index (χ2v) is 7.95. The number of carbonyl (C=O) groups is 1. The lowest BCUT2D eigenvalue weighted by Gasteiger charge is -2.33. The fraction of sp³-hybridized carbons (Fsp3) is 0.333. The number of rotatable bonds is 6. The number of hydrogen-bond acceptors (Lipinski definition) is 3. The summed E-state index contributed by atoms with van der Waals surface area (Å²) in [6, 6.07) is 16.2. The molecule has 0 radical (unpaired) electrons. The molecule has 1 aliphatic rings. The monoisotopic (exact) mass is 406 g/mol. The van der Waals surface area contributed by atoms with E-state index in [1.165, 1.54) is 17.7 Å². The van der Waals surface area contributed by atoms with Crippen molar-refractivity contribution in [1.29, 1.82) is 0 Å². The van der Waals surface area contributed by atoms with Crippen LogP contribution in [0.25, 0.3) is 0 Å². The van der Waals surface area contributed by atoms with Crippen molar-refractivity contribution < 1.29 is 9.18 Å². The van der Waals surface area contributed by atoms with Gasteiger partial charge in [-0.2, -0.15) is 0 Å². The summed E-state index contributed by atoms with van der Waals surface area (Å²) in [4.78, 5) is 19.9. The van der Waals surface area contributed by atoms with Gasteiger partial charge in [-0.05, 0) is 42.6 Å². The summed E-state index contributed by atoms with van der Waals surface area (Å²) in [6.07, 6.45) is 5.36. The van der Waals surface area contributed by atoms with Crippen LogP contribution in [0, 0.1) is 11.7 Å². The maximum absolute atomic E-state index is 13.9. The van der Waals surface area contributed by atoms with Crippen LogP contribution in [-0.2, 0) is 18.4 Å². The molecule has 5 nitrogen and oxygen atoms in total. The standard InChI is InChI=1S/C24H27FN4O/c1-28-14-12-26-23(28)22(19-9-5-11-21(25)15-19)27-24(30)20-10-6-13-29(17-20)16-18-7-3-2-4-8-18/h2-5,7-9,11-12,14-15,20,22H,6,10,13,16-17H2,1H3,(H,27,30). The molecule has 2 unspecified atom stereocenters. The van der Waals surface area contributed by atoms with Gasteiger partial charge in [0.15, 0.2) is 0 Å². The van der Waals surface area contributed by atoms with Crippen molar-refractivity contribution in [3.05, 3.63) is 89.8 Å². The Labute approximate surface area is 176 Å². The molecule has 0 bridgehead atoms. The molecule has 4 rings (SSSR count). The largest absolute Gasteiger partial charge is 0.342 e. The van der Waals surface area contributed by atoms with Crippen LogP contribution in [0.1, 0.15) is 35.8 Å². The zero-order valence-corrected chi connectivity index (χ0v) is 17.2. The van der Waals surface area contributed by atoms with E-state index in [1.807, 2.05) is 42.1 Å². The van der Waals surface area contributed by atoms with Gasteiger partial charge in [-0.3, -0.25) is 9.69 Å². The minimum atomic E-state index is -0.488. The van der Waals surface area contributed by atoms with Crippen LogP contribution in [0.2, 0.25) is 0 Å². The average molecular weight is 407 g/mol. The van der Waals surface area contributed by atoms with E-state index in [1.54, 1.807) is 12.3 Å². The molecular formula is C24H27FN4O. The van der Waals surface area contributed by atoms with Crippen molar-refractivity contribution in [2.24, 2.45) is 13.0 Å². The summed E-state index contributed by atoms with van der Waals surface area (Å²) in [5, 5.41) is 3.14. The Morgan fingerprint density at radius 3 is 2.80 bits per heavy atom. The Hall–Kier alpha value is -2.99. The summed E-state index contributed by atoms with van der Waals surface area (Å²) in [6.45, 7) is 2.56. The highest BCUT2D eigenvalue weighted by Gasteiger charge is 2.29. The molecule has 6 heteroatoms. The Morgan fingerprint density at radius 2 is 2.07 bits per heavy atom. The summed E-state index contributed by atoms with van der Waals surface area (Å²) < 4.78 is 15.7. The molecule has 0 saturated carbocycles. The van der Waals surface area contributed by atoms with Gasteiger partial charge in [-0.1, -0.05) is 42.5 Å². The Morgan fingerprint density at radius 1 is 1.23 bits per heavy atom. The topological polar surface area (TPSA) is 50.2 Å². The third-order valence-corrected chi connectivity index (χ3v) is 5.71. The van der Waals surface area contributed by atoms with E-state index in [2.05, 4.69) is 27.3 Å². The summed E-state index contributed by atoms with van der Waals surface area (Å²) in [5.74, 6) is 0.252.